The van der Waals surface area contributed by atoms with E-state index in [1.807, 2.05) is 0 Å². The van der Waals surface area contributed by atoms with Crippen LogP contribution in [-0.2, 0) is 25.6 Å². The lowest BCUT2D eigenvalue weighted by molar-refractivity contribution is -0.462. The third kappa shape index (κ3) is 6.55. The van der Waals surface area contributed by atoms with E-state index in [4.69, 9.17) is 13.3 Å². The van der Waals surface area contributed by atoms with Crippen molar-refractivity contribution in [1.82, 2.24) is 0 Å². The van der Waals surface area contributed by atoms with Gasteiger partial charge in [0.25, 0.3) is 0 Å². The van der Waals surface area contributed by atoms with E-state index in [1.54, 1.807) is 12.1 Å². The highest BCUT2D eigenvalue weighted by Gasteiger charge is 2.95. The largest absolute Gasteiger partial charge is 0.500 e. The second-order valence-corrected chi connectivity index (χ2v) is 13.0. The van der Waals surface area contributed by atoms with Crippen molar-refractivity contribution in [1.29, 1.82) is 0 Å². The third-order valence-electron chi connectivity index (χ3n) is 7.14. The molecule has 0 saturated carbocycles. The fourth-order valence-electron chi connectivity index (χ4n) is 4.15. The second-order valence-electron chi connectivity index (χ2n) is 9.94. The first-order chi connectivity index (χ1) is 21.1. The number of hydrogen-bond donors (Lipinski definition) is 0. The van der Waals surface area contributed by atoms with Crippen LogP contribution in [0.25, 0.3) is 11.1 Å². The Kier molecular flexibility index (Phi) is 11.2. The molecular weight excluding hydrogens is 711 g/mol. The predicted octanol–water partition coefficient (Wildman–Crippen LogP) is 9.63. The van der Waals surface area contributed by atoms with Crippen LogP contribution in [0.1, 0.15) is 17.5 Å². The van der Waals surface area contributed by atoms with Crippen molar-refractivity contribution in [2.45, 2.75) is 66.5 Å². The molecule has 47 heavy (non-hydrogen) atoms. The standard InChI is InChI=1S/C26H23F17O3Si/c1-44-47(45-2,46-3)14-4-5-15-6-8-16(9-7-15)17-10-12-18(13-11-17)19(27,28)20(29,30)21(31,32)22(33,34)23(35,36)24(37,38)25(39,40)26(41,42)43/h6-13H,4-5,14H2,1-3H3. The van der Waals surface area contributed by atoms with Gasteiger partial charge in [-0.3, -0.25) is 0 Å². The number of halogens is 17. The molecule has 0 radical (unpaired) electrons. The van der Waals surface area contributed by atoms with Gasteiger partial charge in [0.1, 0.15) is 0 Å². The first-order valence-corrected chi connectivity index (χ1v) is 14.6. The van der Waals surface area contributed by atoms with Crippen molar-refractivity contribution < 1.29 is 87.9 Å². The summed E-state index contributed by atoms with van der Waals surface area (Å²) in [7, 11) is 1.35. The van der Waals surface area contributed by atoms with Crippen molar-refractivity contribution in [2.24, 2.45) is 0 Å². The van der Waals surface area contributed by atoms with E-state index in [0.717, 1.165) is 5.56 Å². The van der Waals surface area contributed by atoms with Crippen LogP contribution in [0.5, 0.6) is 0 Å². The Balaban J connectivity index is 2.37. The van der Waals surface area contributed by atoms with Crippen LogP contribution >= 0.6 is 0 Å². The molecular formula is C26H23F17O3Si. The smallest absolute Gasteiger partial charge is 0.377 e. The zero-order chi connectivity index (χ0) is 36.7. The molecule has 0 atom stereocenters. The van der Waals surface area contributed by atoms with Gasteiger partial charge in [0.15, 0.2) is 0 Å². The molecule has 0 amide bonds. The number of rotatable bonds is 15. The van der Waals surface area contributed by atoms with Gasteiger partial charge in [-0.05, 0) is 29.5 Å². The number of aryl methyl sites for hydroxylation is 1. The van der Waals surface area contributed by atoms with Gasteiger partial charge in [-0.2, -0.15) is 74.6 Å². The van der Waals surface area contributed by atoms with Gasteiger partial charge in [-0.25, -0.2) is 0 Å². The molecule has 3 nitrogen and oxygen atoms in total. The number of hydrogen-bond acceptors (Lipinski definition) is 3. The summed E-state index contributed by atoms with van der Waals surface area (Å²) in [5.74, 6) is -56.8. The van der Waals surface area contributed by atoms with Gasteiger partial charge < -0.3 is 13.3 Å². The Morgan fingerprint density at radius 2 is 0.809 bits per heavy atom. The summed E-state index contributed by atoms with van der Waals surface area (Å²) < 4.78 is 247. The van der Waals surface area contributed by atoms with Gasteiger partial charge in [0.05, 0.1) is 0 Å². The van der Waals surface area contributed by atoms with Gasteiger partial charge in [0, 0.05) is 32.9 Å². The Hall–Kier alpha value is -2.65. The van der Waals surface area contributed by atoms with Crippen LogP contribution in [0.15, 0.2) is 48.5 Å². The highest BCUT2D eigenvalue weighted by molar-refractivity contribution is 6.60. The average Bonchev–Trinajstić information content (AvgIpc) is 2.98. The van der Waals surface area contributed by atoms with Crippen LogP contribution in [-0.4, -0.2) is 71.8 Å². The highest BCUT2D eigenvalue weighted by atomic mass is 28.4. The number of benzene rings is 2. The molecule has 268 valence electrons. The van der Waals surface area contributed by atoms with Gasteiger partial charge in [-0.15, -0.1) is 0 Å². The van der Waals surface area contributed by atoms with Crippen molar-refractivity contribution in [3.05, 3.63) is 59.7 Å². The summed E-state index contributed by atoms with van der Waals surface area (Å²) in [5, 5.41) is 0. The molecule has 2 aromatic carbocycles. The summed E-state index contributed by atoms with van der Waals surface area (Å²) in [6.07, 6.45) is -6.81. The lowest BCUT2D eigenvalue weighted by atomic mass is 9.87. The minimum Gasteiger partial charge on any atom is -0.377 e. The van der Waals surface area contributed by atoms with Crippen molar-refractivity contribution in [3.63, 3.8) is 0 Å². The zero-order valence-corrected chi connectivity index (χ0v) is 24.9. The monoisotopic (exact) mass is 734 g/mol. The lowest BCUT2D eigenvalue weighted by Gasteiger charge is -2.42. The maximum atomic E-state index is 14.6. The van der Waals surface area contributed by atoms with Crippen LogP contribution in [0, 0.1) is 0 Å². The predicted molar refractivity (Wildman–Crippen MR) is 131 cm³/mol. The summed E-state index contributed by atoms with van der Waals surface area (Å²) >= 11 is 0. The Morgan fingerprint density at radius 1 is 0.468 bits per heavy atom. The van der Waals surface area contributed by atoms with E-state index in [9.17, 15) is 74.6 Å². The van der Waals surface area contributed by atoms with Crippen LogP contribution in [0.3, 0.4) is 0 Å². The van der Waals surface area contributed by atoms with E-state index >= 15 is 0 Å². The van der Waals surface area contributed by atoms with E-state index in [2.05, 4.69) is 0 Å². The maximum absolute atomic E-state index is 14.6. The number of alkyl halides is 17. The van der Waals surface area contributed by atoms with Crippen molar-refractivity contribution >= 4 is 8.80 Å². The highest BCUT2D eigenvalue weighted by Crippen LogP contribution is 2.65. The van der Waals surface area contributed by atoms with Gasteiger partial charge >= 0.3 is 56.4 Å². The Bertz CT molecular complexity index is 1330. The van der Waals surface area contributed by atoms with Crippen molar-refractivity contribution in [3.8, 4) is 11.1 Å². The molecule has 2 rings (SSSR count). The molecule has 0 saturated heterocycles. The normalized spacial score (nSPS) is 14.9. The molecule has 0 aliphatic heterocycles. The first-order valence-electron chi connectivity index (χ1n) is 12.6. The SMILES string of the molecule is CO[Si](CCCc1ccc(-c2ccc(C(F)(F)C(F)(F)C(F)(F)C(F)(F)C(F)(F)C(F)(F)C(F)(F)C(F)(F)F)cc2)cc1)(OC)OC. The average molecular weight is 735 g/mol. The van der Waals surface area contributed by atoms with Gasteiger partial charge in [0.2, 0.25) is 0 Å². The molecule has 0 heterocycles. The molecule has 0 N–H and O–H groups in total. The van der Waals surface area contributed by atoms with Gasteiger partial charge in [-0.1, -0.05) is 48.5 Å². The topological polar surface area (TPSA) is 27.7 Å². The summed E-state index contributed by atoms with van der Waals surface area (Å²) in [5.41, 5.74) is -1.41. The Morgan fingerprint density at radius 3 is 1.17 bits per heavy atom. The molecule has 0 aliphatic carbocycles. The molecule has 0 spiro atoms. The van der Waals surface area contributed by atoms with E-state index in [0.29, 0.717) is 31.0 Å². The fraction of sp³-hybridized carbons (Fsp3) is 0.538. The first kappa shape index (κ1) is 40.5. The van der Waals surface area contributed by atoms with E-state index < -0.39 is 62.0 Å². The summed E-state index contributed by atoms with van der Waals surface area (Å²) in [6.45, 7) is 0. The molecule has 21 heteroatoms. The summed E-state index contributed by atoms with van der Waals surface area (Å²) in [4.78, 5) is 0. The van der Waals surface area contributed by atoms with E-state index in [-0.39, 0.29) is 23.3 Å². The van der Waals surface area contributed by atoms with Crippen LogP contribution < -0.4 is 0 Å². The minimum absolute atomic E-state index is 0.0413. The fourth-order valence-corrected chi connectivity index (χ4v) is 5.87. The Labute approximate surface area is 256 Å². The molecule has 0 aliphatic rings. The zero-order valence-electron chi connectivity index (χ0n) is 23.9. The second kappa shape index (κ2) is 13.0. The minimum atomic E-state index is -8.67. The molecule has 2 aromatic rings. The molecule has 0 unspecified atom stereocenters. The molecule has 0 aromatic heterocycles. The van der Waals surface area contributed by atoms with Crippen LogP contribution in [0.4, 0.5) is 74.6 Å². The van der Waals surface area contributed by atoms with Crippen LogP contribution in [0.2, 0.25) is 6.04 Å². The lowest BCUT2D eigenvalue weighted by Crippen LogP contribution is -2.74. The quantitative estimate of drug-likeness (QED) is 0.135. The van der Waals surface area contributed by atoms with Crippen molar-refractivity contribution in [2.75, 3.05) is 21.3 Å². The molecule has 0 fully saturated rings. The van der Waals surface area contributed by atoms with E-state index in [1.165, 1.54) is 33.5 Å². The third-order valence-corrected chi connectivity index (χ3v) is 9.97. The molecule has 0 bridgehead atoms. The summed E-state index contributed by atoms with van der Waals surface area (Å²) in [6, 6.07) is 7.38. The maximum Gasteiger partial charge on any atom is 0.500 e.